The van der Waals surface area contributed by atoms with Crippen LogP contribution in [0.25, 0.3) is 82.8 Å². The third kappa shape index (κ3) is 5.01. The number of para-hydroxylation sites is 2. The van der Waals surface area contributed by atoms with E-state index in [1.54, 1.807) is 0 Å². The second kappa shape index (κ2) is 12.1. The number of nitrogens with zero attached hydrogens (tertiary/aromatic N) is 2. The van der Waals surface area contributed by atoms with Gasteiger partial charge in [-0.3, -0.25) is 4.57 Å². The van der Waals surface area contributed by atoms with E-state index in [1.165, 1.54) is 0 Å². The van der Waals surface area contributed by atoms with E-state index in [4.69, 9.17) is 11.8 Å². The predicted molar refractivity (Wildman–Crippen MR) is 207 cm³/mol. The molecule has 0 N–H and O–H groups in total. The van der Waals surface area contributed by atoms with Gasteiger partial charge in [0.1, 0.15) is 5.82 Å². The van der Waals surface area contributed by atoms with Crippen LogP contribution in [0.2, 0.25) is 0 Å². The molecule has 0 bridgehead atoms. The molecule has 1 aromatic heterocycles. The average Bonchev–Trinajstić information content (AvgIpc) is 3.60. The van der Waals surface area contributed by atoms with Crippen LogP contribution in [0, 0.1) is 0 Å². The first kappa shape index (κ1) is 24.0. The monoisotopic (exact) mass is 631 g/mol. The van der Waals surface area contributed by atoms with Crippen LogP contribution in [-0.2, 0) is 6.42 Å². The van der Waals surface area contributed by atoms with Gasteiger partial charge in [-0.15, -0.1) is 0 Å². The Morgan fingerprint density at radius 3 is 1.65 bits per heavy atom. The van der Waals surface area contributed by atoms with E-state index in [0.717, 1.165) is 83.9 Å². The van der Waals surface area contributed by atoms with Crippen LogP contribution in [0.15, 0.2) is 176 Å². The van der Waals surface area contributed by atoms with Gasteiger partial charge in [-0.25, -0.2) is 4.98 Å². The first-order valence-corrected chi connectivity index (χ1v) is 16.6. The fourth-order valence-corrected chi connectivity index (χ4v) is 7.21. The molecular formula is C47H34N2. The molecule has 0 atom stereocenters. The number of benzene rings is 8. The maximum atomic E-state index is 8.61. The second-order valence-electron chi connectivity index (χ2n) is 12.3. The zero-order chi connectivity index (χ0) is 37.1. The van der Waals surface area contributed by atoms with Crippen LogP contribution >= 0.6 is 0 Å². The first-order valence-electron chi connectivity index (χ1n) is 19.1. The molecule has 0 amide bonds. The fraction of sp³-hybridized carbons (Fsp3) is 0.0426. The van der Waals surface area contributed by atoms with Crippen molar-refractivity contribution < 1.29 is 6.85 Å². The largest absolute Gasteiger partial charge is 0.296 e. The number of aryl methyl sites for hydroxylation is 1. The van der Waals surface area contributed by atoms with E-state index in [1.807, 2.05) is 42.5 Å². The van der Waals surface area contributed by atoms with Crippen molar-refractivity contribution in [2.75, 3.05) is 0 Å². The maximum Gasteiger partial charge on any atom is 0.114 e. The topological polar surface area (TPSA) is 17.8 Å². The molecule has 0 saturated heterocycles. The van der Waals surface area contributed by atoms with Crippen molar-refractivity contribution in [3.63, 3.8) is 0 Å². The van der Waals surface area contributed by atoms with Gasteiger partial charge in [0.2, 0.25) is 0 Å². The normalized spacial score (nSPS) is 12.9. The van der Waals surface area contributed by atoms with Crippen molar-refractivity contribution in [3.8, 4) is 50.2 Å². The van der Waals surface area contributed by atoms with E-state index in [0.29, 0.717) is 5.56 Å². The van der Waals surface area contributed by atoms with Crippen molar-refractivity contribution >= 4 is 32.6 Å². The molecule has 232 valence electrons. The molecule has 0 radical (unpaired) electrons. The number of hydrogen-bond donors (Lipinski definition) is 0. The Hall–Kier alpha value is -6.25. The van der Waals surface area contributed by atoms with Gasteiger partial charge in [0.05, 0.1) is 17.9 Å². The van der Waals surface area contributed by atoms with Crippen LogP contribution in [0.3, 0.4) is 0 Å². The van der Waals surface area contributed by atoms with Gasteiger partial charge in [-0.2, -0.15) is 0 Å². The molecule has 2 heteroatoms. The summed E-state index contributed by atoms with van der Waals surface area (Å²) in [5.74, 6) is 1.04. The van der Waals surface area contributed by atoms with Crippen LogP contribution < -0.4 is 0 Å². The molecule has 0 spiro atoms. The zero-order valence-corrected chi connectivity index (χ0v) is 27.0. The average molecular weight is 632 g/mol. The van der Waals surface area contributed by atoms with E-state index >= 15 is 0 Å². The highest BCUT2D eigenvalue weighted by molar-refractivity contribution is 6.21. The summed E-state index contributed by atoms with van der Waals surface area (Å²) in [6.07, 6.45) is 0.844. The summed E-state index contributed by atoms with van der Waals surface area (Å²) in [6.45, 7) is 2.14. The molecule has 1 heterocycles. The van der Waals surface area contributed by atoms with E-state index < -0.39 is 6.04 Å². The van der Waals surface area contributed by atoms with Crippen molar-refractivity contribution in [1.82, 2.24) is 9.55 Å². The van der Waals surface area contributed by atoms with Crippen molar-refractivity contribution in [1.29, 1.82) is 0 Å². The highest BCUT2D eigenvalue weighted by atomic mass is 15.1. The third-order valence-electron chi connectivity index (χ3n) is 9.45. The molecule has 0 saturated carbocycles. The minimum Gasteiger partial charge on any atom is -0.296 e. The van der Waals surface area contributed by atoms with E-state index in [-0.39, 0.29) is 29.7 Å². The number of rotatable bonds is 6. The van der Waals surface area contributed by atoms with Crippen molar-refractivity contribution in [2.24, 2.45) is 0 Å². The molecule has 0 aliphatic rings. The lowest BCUT2D eigenvalue weighted by molar-refractivity contribution is 0.908. The van der Waals surface area contributed by atoms with Gasteiger partial charge in [-0.05, 0) is 96.4 Å². The van der Waals surface area contributed by atoms with Gasteiger partial charge < -0.3 is 0 Å². The molecular weight excluding hydrogens is 593 g/mol. The molecule has 9 rings (SSSR count). The Kier molecular flexibility index (Phi) is 5.91. The van der Waals surface area contributed by atoms with E-state index in [2.05, 4.69) is 115 Å². The highest BCUT2D eigenvalue weighted by Gasteiger charge is 2.17. The molecule has 8 aromatic carbocycles. The number of imidazole rings is 1. The lowest BCUT2D eigenvalue weighted by atomic mass is 9.85. The second-order valence-corrected chi connectivity index (χ2v) is 12.3. The minimum atomic E-state index is -0.395. The maximum absolute atomic E-state index is 8.61. The van der Waals surface area contributed by atoms with E-state index in [9.17, 15) is 0 Å². The van der Waals surface area contributed by atoms with Gasteiger partial charge in [0.25, 0.3) is 0 Å². The molecule has 2 nitrogen and oxygen atoms in total. The fourth-order valence-electron chi connectivity index (χ4n) is 7.21. The summed E-state index contributed by atoms with van der Waals surface area (Å²) in [7, 11) is 0. The van der Waals surface area contributed by atoms with Crippen LogP contribution in [0.4, 0.5) is 0 Å². The van der Waals surface area contributed by atoms with Gasteiger partial charge in [-0.1, -0.05) is 152 Å². The van der Waals surface area contributed by atoms with Crippen molar-refractivity contribution in [3.05, 3.63) is 182 Å². The predicted octanol–water partition coefficient (Wildman–Crippen LogP) is 12.6. The van der Waals surface area contributed by atoms with Crippen LogP contribution in [0.1, 0.15) is 19.6 Å². The lowest BCUT2D eigenvalue weighted by Crippen LogP contribution is -1.99. The van der Waals surface area contributed by atoms with Gasteiger partial charge >= 0.3 is 0 Å². The number of hydrogen-bond acceptors (Lipinski definition) is 1. The summed E-state index contributed by atoms with van der Waals surface area (Å²) >= 11 is 0. The van der Waals surface area contributed by atoms with Gasteiger partial charge in [0.15, 0.2) is 0 Å². The molecule has 0 aliphatic heterocycles. The van der Waals surface area contributed by atoms with Crippen LogP contribution in [-0.4, -0.2) is 9.55 Å². The Labute approximate surface area is 293 Å². The summed E-state index contributed by atoms with van der Waals surface area (Å²) in [6, 6.07) is 48.8. The summed E-state index contributed by atoms with van der Waals surface area (Å²) < 4.78 is 44.0. The molecule has 49 heavy (non-hydrogen) atoms. The molecule has 9 aromatic rings. The Morgan fingerprint density at radius 1 is 0.490 bits per heavy atom. The lowest BCUT2D eigenvalue weighted by Gasteiger charge is -2.18. The highest BCUT2D eigenvalue weighted by Crippen LogP contribution is 2.44. The van der Waals surface area contributed by atoms with Crippen molar-refractivity contribution in [2.45, 2.75) is 13.3 Å². The standard InChI is InChI=1S/C47H34N2/c1-2-45-48-43-21-10-11-22-44(43)49(45)38-29-27-34(28-30-38)33-23-25-35(26-24-33)46-39-17-6-8-19-41(39)47(42-20-9-7-18-40(42)46)37-16-12-15-36(31-37)32-13-4-3-5-14-32/h3-31H,2H2,1H3/i3D,4D,5D,13D,14D. The minimum absolute atomic E-state index is 0.198. The zero-order valence-electron chi connectivity index (χ0n) is 32.0. The Bertz CT molecular complexity index is 2830. The quantitative estimate of drug-likeness (QED) is 0.167. The first-order chi connectivity index (χ1) is 26.3. The smallest absolute Gasteiger partial charge is 0.114 e. The van der Waals surface area contributed by atoms with Crippen LogP contribution in [0.5, 0.6) is 0 Å². The third-order valence-corrected chi connectivity index (χ3v) is 9.45. The Morgan fingerprint density at radius 2 is 1.02 bits per heavy atom. The summed E-state index contributed by atoms with van der Waals surface area (Å²) in [5.41, 5.74) is 10.5. The summed E-state index contributed by atoms with van der Waals surface area (Å²) in [5, 5.41) is 4.36. The number of fused-ring (bicyclic) bond motifs is 3. The Balaban J connectivity index is 1.14. The molecule has 0 fully saturated rings. The molecule has 0 unspecified atom stereocenters. The summed E-state index contributed by atoms with van der Waals surface area (Å²) in [4.78, 5) is 4.85. The SMILES string of the molecule is [2H]c1c([2H])c([2H])c(-c2cccc(-c3c4ccccc4c(-c4ccc(-c5ccc(-n6c(CC)nc7ccccc76)cc5)cc4)c4ccccc34)c2)c([2H])c1[2H]. The number of aromatic nitrogens is 2. The van der Waals surface area contributed by atoms with Gasteiger partial charge in [0, 0.05) is 12.1 Å². The molecule has 0 aliphatic carbocycles.